The van der Waals surface area contributed by atoms with Crippen LogP contribution in [0.1, 0.15) is 47.7 Å². The zero-order valence-electron chi connectivity index (χ0n) is 14.1. The van der Waals surface area contributed by atoms with Crippen molar-refractivity contribution < 1.29 is 9.90 Å². The Morgan fingerprint density at radius 2 is 1.96 bits per heavy atom. The molecule has 1 aromatic carbocycles. The molecule has 0 atom stereocenters. The lowest BCUT2D eigenvalue weighted by molar-refractivity contribution is 0.0698. The zero-order chi connectivity index (χ0) is 16.4. The van der Waals surface area contributed by atoms with E-state index in [4.69, 9.17) is 0 Å². The number of aryl methyl sites for hydroxylation is 2. The van der Waals surface area contributed by atoms with Crippen LogP contribution in [0.2, 0.25) is 0 Å². The average molecular weight is 314 g/mol. The number of rotatable bonds is 6. The van der Waals surface area contributed by atoms with Gasteiger partial charge in [0.2, 0.25) is 0 Å². The van der Waals surface area contributed by atoms with Gasteiger partial charge in [0, 0.05) is 24.7 Å². The normalized spacial score (nSPS) is 15.6. The summed E-state index contributed by atoms with van der Waals surface area (Å²) in [4.78, 5) is 14.3. The molecule has 1 aliphatic rings. The van der Waals surface area contributed by atoms with E-state index in [1.165, 1.54) is 31.5 Å². The Morgan fingerprint density at radius 1 is 1.22 bits per heavy atom. The van der Waals surface area contributed by atoms with Crippen LogP contribution in [0, 0.1) is 6.92 Å². The summed E-state index contributed by atoms with van der Waals surface area (Å²) in [5.74, 6) is -0.824. The van der Waals surface area contributed by atoms with Gasteiger partial charge in [-0.1, -0.05) is 19.1 Å². The summed E-state index contributed by atoms with van der Waals surface area (Å²) < 4.78 is 2.14. The molecule has 4 heteroatoms. The van der Waals surface area contributed by atoms with Crippen LogP contribution in [0.3, 0.4) is 0 Å². The number of hydrogen-bond donors (Lipinski definition) is 1. The molecular weight excluding hydrogens is 288 g/mol. The lowest BCUT2D eigenvalue weighted by atomic mass is 10.0. The molecule has 1 fully saturated rings. The number of benzene rings is 1. The van der Waals surface area contributed by atoms with E-state index in [9.17, 15) is 9.90 Å². The number of likely N-dealkylation sites (tertiary alicyclic amines) is 1. The first kappa shape index (κ1) is 16.1. The van der Waals surface area contributed by atoms with Crippen molar-refractivity contribution >= 4 is 16.9 Å². The van der Waals surface area contributed by atoms with Gasteiger partial charge in [-0.05, 0) is 56.8 Å². The second-order valence-electron chi connectivity index (χ2n) is 6.61. The predicted molar refractivity (Wildman–Crippen MR) is 93.3 cm³/mol. The Morgan fingerprint density at radius 3 is 2.61 bits per heavy atom. The Hall–Kier alpha value is -1.81. The van der Waals surface area contributed by atoms with Gasteiger partial charge < -0.3 is 14.6 Å². The highest BCUT2D eigenvalue weighted by Crippen LogP contribution is 2.28. The fraction of sp³-hybridized carbons (Fsp3) is 0.526. The van der Waals surface area contributed by atoms with Crippen LogP contribution in [-0.4, -0.2) is 40.2 Å². The maximum absolute atomic E-state index is 11.7. The minimum Gasteiger partial charge on any atom is -0.478 e. The molecule has 0 saturated carbocycles. The van der Waals surface area contributed by atoms with E-state index in [-0.39, 0.29) is 0 Å². The van der Waals surface area contributed by atoms with Gasteiger partial charge >= 0.3 is 5.97 Å². The summed E-state index contributed by atoms with van der Waals surface area (Å²) in [7, 11) is 0. The summed E-state index contributed by atoms with van der Waals surface area (Å²) in [6.45, 7) is 8.35. The first-order valence-corrected chi connectivity index (χ1v) is 8.68. The van der Waals surface area contributed by atoms with Gasteiger partial charge in [-0.3, -0.25) is 0 Å². The van der Waals surface area contributed by atoms with Crippen LogP contribution in [0.25, 0.3) is 10.9 Å². The zero-order valence-corrected chi connectivity index (χ0v) is 14.1. The van der Waals surface area contributed by atoms with Gasteiger partial charge in [-0.25, -0.2) is 4.79 Å². The highest BCUT2D eigenvalue weighted by molar-refractivity contribution is 6.04. The number of carboxylic acid groups (broad SMARTS) is 1. The molecule has 0 radical (unpaired) electrons. The molecule has 4 nitrogen and oxygen atoms in total. The lowest BCUT2D eigenvalue weighted by Gasteiger charge is -2.13. The Labute approximate surface area is 137 Å². The van der Waals surface area contributed by atoms with Crippen molar-refractivity contribution in [3.8, 4) is 0 Å². The second kappa shape index (κ2) is 6.75. The second-order valence-corrected chi connectivity index (χ2v) is 6.61. The summed E-state index contributed by atoms with van der Waals surface area (Å²) in [5, 5.41) is 10.8. The van der Waals surface area contributed by atoms with Crippen molar-refractivity contribution in [3.05, 3.63) is 35.0 Å². The van der Waals surface area contributed by atoms with Crippen molar-refractivity contribution in [2.45, 2.75) is 46.1 Å². The van der Waals surface area contributed by atoms with Crippen LogP contribution >= 0.6 is 0 Å². The van der Waals surface area contributed by atoms with E-state index >= 15 is 0 Å². The van der Waals surface area contributed by atoms with Crippen molar-refractivity contribution in [1.29, 1.82) is 0 Å². The number of carboxylic acids is 1. The molecule has 0 spiro atoms. The molecule has 0 amide bonds. The molecule has 3 rings (SSSR count). The molecule has 23 heavy (non-hydrogen) atoms. The molecule has 2 aromatic rings. The monoisotopic (exact) mass is 314 g/mol. The molecule has 1 aromatic heterocycles. The van der Waals surface area contributed by atoms with Crippen molar-refractivity contribution in [3.63, 3.8) is 0 Å². The van der Waals surface area contributed by atoms with Crippen molar-refractivity contribution in [2.75, 3.05) is 19.6 Å². The average Bonchev–Trinajstić information content (AvgIpc) is 3.13. The Bertz CT molecular complexity index is 712. The minimum absolute atomic E-state index is 0.461. The molecule has 2 heterocycles. The fourth-order valence-electron chi connectivity index (χ4n) is 3.74. The van der Waals surface area contributed by atoms with Crippen LogP contribution in [-0.2, 0) is 13.0 Å². The highest BCUT2D eigenvalue weighted by Gasteiger charge is 2.19. The third-order valence-corrected chi connectivity index (χ3v) is 4.91. The highest BCUT2D eigenvalue weighted by atomic mass is 16.4. The van der Waals surface area contributed by atoms with E-state index in [1.54, 1.807) is 0 Å². The topological polar surface area (TPSA) is 45.5 Å². The van der Waals surface area contributed by atoms with Gasteiger partial charge in [0.25, 0.3) is 0 Å². The number of aromatic carboxylic acids is 1. The van der Waals surface area contributed by atoms with Crippen LogP contribution in [0.15, 0.2) is 18.3 Å². The lowest BCUT2D eigenvalue weighted by Crippen LogP contribution is -2.21. The van der Waals surface area contributed by atoms with Crippen molar-refractivity contribution in [2.24, 2.45) is 0 Å². The maximum atomic E-state index is 11.7. The summed E-state index contributed by atoms with van der Waals surface area (Å²) in [5.41, 5.74) is 3.48. The molecule has 1 aliphatic heterocycles. The smallest absolute Gasteiger partial charge is 0.338 e. The summed E-state index contributed by atoms with van der Waals surface area (Å²) in [6, 6.07) is 4.05. The van der Waals surface area contributed by atoms with Crippen LogP contribution in [0.4, 0.5) is 0 Å². The third-order valence-electron chi connectivity index (χ3n) is 4.91. The van der Waals surface area contributed by atoms with E-state index in [0.717, 1.165) is 42.4 Å². The van der Waals surface area contributed by atoms with Crippen LogP contribution < -0.4 is 0 Å². The van der Waals surface area contributed by atoms with Crippen molar-refractivity contribution in [1.82, 2.24) is 9.47 Å². The number of carbonyl (C=O) groups is 1. The molecule has 1 N–H and O–H groups in total. The molecule has 0 bridgehead atoms. The number of aromatic nitrogens is 1. The number of nitrogens with zero attached hydrogens (tertiary/aromatic N) is 2. The fourth-order valence-corrected chi connectivity index (χ4v) is 3.74. The SMILES string of the molecule is CCCn1cc(CCN2CCCC2)c2ccc(C)c(C(=O)O)c21. The van der Waals surface area contributed by atoms with Gasteiger partial charge in [-0.2, -0.15) is 0 Å². The minimum atomic E-state index is -0.824. The van der Waals surface area contributed by atoms with E-state index < -0.39 is 5.97 Å². The largest absolute Gasteiger partial charge is 0.478 e. The quantitative estimate of drug-likeness (QED) is 0.884. The van der Waals surface area contributed by atoms with Gasteiger partial charge in [-0.15, -0.1) is 0 Å². The van der Waals surface area contributed by atoms with Crippen LogP contribution in [0.5, 0.6) is 0 Å². The molecule has 0 aliphatic carbocycles. The van der Waals surface area contributed by atoms with Gasteiger partial charge in [0.05, 0.1) is 11.1 Å². The van der Waals surface area contributed by atoms with E-state index in [0.29, 0.717) is 5.56 Å². The van der Waals surface area contributed by atoms with E-state index in [1.807, 2.05) is 13.0 Å². The molecule has 124 valence electrons. The summed E-state index contributed by atoms with van der Waals surface area (Å²) >= 11 is 0. The maximum Gasteiger partial charge on any atom is 0.338 e. The molecule has 0 unspecified atom stereocenters. The van der Waals surface area contributed by atoms with Gasteiger partial charge in [0.1, 0.15) is 0 Å². The molecule has 1 saturated heterocycles. The first-order valence-electron chi connectivity index (χ1n) is 8.68. The Balaban J connectivity index is 2.01. The van der Waals surface area contributed by atoms with Gasteiger partial charge in [0.15, 0.2) is 0 Å². The molecular formula is C19H26N2O2. The predicted octanol–water partition coefficient (Wildman–Crippen LogP) is 3.70. The van der Waals surface area contributed by atoms with E-state index in [2.05, 4.69) is 28.7 Å². The Kier molecular flexibility index (Phi) is 4.71. The summed E-state index contributed by atoms with van der Waals surface area (Å²) in [6.07, 6.45) is 6.79. The standard InChI is InChI=1S/C19H26N2O2/c1-3-9-21-13-15(8-12-20-10-4-5-11-20)16-7-6-14(2)17(18(16)21)19(22)23/h6-7,13H,3-5,8-12H2,1-2H3,(H,22,23). The number of hydrogen-bond acceptors (Lipinski definition) is 2. The number of fused-ring (bicyclic) bond motifs is 1. The third kappa shape index (κ3) is 3.13. The first-order chi connectivity index (χ1) is 11.1.